The molecule has 1 nitrogen and oxygen atoms in total. The molecule has 1 fully saturated rings. The molecule has 0 aliphatic carbocycles. The highest BCUT2D eigenvalue weighted by Gasteiger charge is 2.27. The van der Waals surface area contributed by atoms with Crippen LogP contribution in [0.5, 0.6) is 0 Å². The molecule has 1 heterocycles. The molecule has 1 aromatic carbocycles. The molecule has 2 atom stereocenters. The van der Waals surface area contributed by atoms with Gasteiger partial charge in [0.25, 0.3) is 0 Å². The molecule has 1 N–H and O–H groups in total. The van der Waals surface area contributed by atoms with Gasteiger partial charge in [-0.15, -0.1) is 0 Å². The van der Waals surface area contributed by atoms with Crippen molar-refractivity contribution in [1.82, 2.24) is 5.32 Å². The summed E-state index contributed by atoms with van der Waals surface area (Å²) in [5, 5.41) is 3.14. The lowest BCUT2D eigenvalue weighted by Gasteiger charge is -2.30. The van der Waals surface area contributed by atoms with Gasteiger partial charge in [-0.2, -0.15) is 0 Å². The van der Waals surface area contributed by atoms with E-state index >= 15 is 0 Å². The number of halogens is 3. The summed E-state index contributed by atoms with van der Waals surface area (Å²) in [6.07, 6.45) is 2.00. The number of hydrogen-bond acceptors (Lipinski definition) is 1. The van der Waals surface area contributed by atoms with Crippen LogP contribution in [-0.2, 0) is 0 Å². The Morgan fingerprint density at radius 3 is 2.62 bits per heavy atom. The van der Waals surface area contributed by atoms with Crippen molar-refractivity contribution in [2.45, 2.75) is 25.8 Å². The highest BCUT2D eigenvalue weighted by molar-refractivity contribution is 5.24. The Bertz CT molecular complexity index is 392. The minimum absolute atomic E-state index is 0.219. The van der Waals surface area contributed by atoms with Crippen LogP contribution in [0.25, 0.3) is 0 Å². The Morgan fingerprint density at radius 1 is 1.19 bits per heavy atom. The van der Waals surface area contributed by atoms with Crippen molar-refractivity contribution in [2.24, 2.45) is 5.92 Å². The molecule has 0 bridgehead atoms. The molecule has 16 heavy (non-hydrogen) atoms. The quantitative estimate of drug-likeness (QED) is 0.729. The van der Waals surface area contributed by atoms with Gasteiger partial charge in [-0.25, -0.2) is 13.2 Å². The third kappa shape index (κ3) is 1.94. The van der Waals surface area contributed by atoms with Gasteiger partial charge in [0.05, 0.1) is 0 Å². The summed E-state index contributed by atoms with van der Waals surface area (Å²) in [6, 6.07) is 2.09. The van der Waals surface area contributed by atoms with Crippen LogP contribution in [0.2, 0.25) is 0 Å². The summed E-state index contributed by atoms with van der Waals surface area (Å²) in [5.74, 6) is -3.35. The Balaban J connectivity index is 2.36. The maximum atomic E-state index is 13.6. The van der Waals surface area contributed by atoms with Crippen LogP contribution in [-0.4, -0.2) is 6.54 Å². The predicted molar refractivity (Wildman–Crippen MR) is 55.5 cm³/mol. The van der Waals surface area contributed by atoms with Gasteiger partial charge in [0.1, 0.15) is 0 Å². The second kappa shape index (κ2) is 4.45. The van der Waals surface area contributed by atoms with Crippen molar-refractivity contribution < 1.29 is 13.2 Å². The minimum Gasteiger partial charge on any atom is -0.310 e. The van der Waals surface area contributed by atoms with Crippen LogP contribution in [0.15, 0.2) is 12.1 Å². The molecule has 1 saturated heterocycles. The Labute approximate surface area is 92.7 Å². The van der Waals surface area contributed by atoms with Gasteiger partial charge in [-0.05, 0) is 31.4 Å². The van der Waals surface area contributed by atoms with E-state index in [1.54, 1.807) is 0 Å². The second-order valence-corrected chi connectivity index (χ2v) is 4.32. The fraction of sp³-hybridized carbons (Fsp3) is 0.500. The van der Waals surface area contributed by atoms with Crippen molar-refractivity contribution in [3.8, 4) is 0 Å². The number of benzene rings is 1. The molecule has 2 rings (SSSR count). The van der Waals surface area contributed by atoms with E-state index in [4.69, 9.17) is 0 Å². The largest absolute Gasteiger partial charge is 0.310 e. The van der Waals surface area contributed by atoms with Crippen LogP contribution in [0, 0.1) is 23.4 Å². The standard InChI is InChI=1S/C12H14F3N/c1-7-3-2-6-16-12(7)8-4-5-9(13)11(15)10(8)14/h4-5,7,12,16H,2-3,6H2,1H3. The lowest BCUT2D eigenvalue weighted by atomic mass is 9.87. The van der Waals surface area contributed by atoms with Gasteiger partial charge in [-0.3, -0.25) is 0 Å². The smallest absolute Gasteiger partial charge is 0.194 e. The molecule has 0 spiro atoms. The fourth-order valence-corrected chi connectivity index (χ4v) is 2.25. The number of nitrogens with one attached hydrogen (secondary N) is 1. The van der Waals surface area contributed by atoms with Crippen molar-refractivity contribution in [3.63, 3.8) is 0 Å². The fourth-order valence-electron chi connectivity index (χ4n) is 2.25. The van der Waals surface area contributed by atoms with E-state index in [2.05, 4.69) is 5.32 Å². The molecule has 2 unspecified atom stereocenters. The lowest BCUT2D eigenvalue weighted by Crippen LogP contribution is -2.33. The van der Waals surface area contributed by atoms with E-state index in [-0.39, 0.29) is 17.5 Å². The molecule has 88 valence electrons. The molecular weight excluding hydrogens is 215 g/mol. The zero-order chi connectivity index (χ0) is 11.7. The van der Waals surface area contributed by atoms with Gasteiger partial charge in [0, 0.05) is 11.6 Å². The predicted octanol–water partition coefficient (Wildman–Crippen LogP) is 3.16. The van der Waals surface area contributed by atoms with Gasteiger partial charge in [0.2, 0.25) is 0 Å². The molecule has 1 aliphatic rings. The van der Waals surface area contributed by atoms with Crippen LogP contribution in [0.4, 0.5) is 13.2 Å². The van der Waals surface area contributed by atoms with Crippen LogP contribution in [0.3, 0.4) is 0 Å². The molecule has 4 heteroatoms. The molecular formula is C12H14F3N. The molecule has 0 aromatic heterocycles. The van der Waals surface area contributed by atoms with Gasteiger partial charge in [-0.1, -0.05) is 13.0 Å². The van der Waals surface area contributed by atoms with Gasteiger partial charge >= 0.3 is 0 Å². The average molecular weight is 229 g/mol. The van der Waals surface area contributed by atoms with E-state index in [1.807, 2.05) is 6.92 Å². The first-order valence-electron chi connectivity index (χ1n) is 5.48. The summed E-state index contributed by atoms with van der Waals surface area (Å²) in [5.41, 5.74) is 0.228. The van der Waals surface area contributed by atoms with Gasteiger partial charge in [0.15, 0.2) is 17.5 Å². The summed E-state index contributed by atoms with van der Waals surface area (Å²) < 4.78 is 39.4. The highest BCUT2D eigenvalue weighted by Crippen LogP contribution is 2.31. The van der Waals surface area contributed by atoms with Crippen LogP contribution >= 0.6 is 0 Å². The topological polar surface area (TPSA) is 12.0 Å². The monoisotopic (exact) mass is 229 g/mol. The van der Waals surface area contributed by atoms with Crippen molar-refractivity contribution in [1.29, 1.82) is 0 Å². The summed E-state index contributed by atoms with van der Waals surface area (Å²) in [4.78, 5) is 0. The summed E-state index contributed by atoms with van der Waals surface area (Å²) >= 11 is 0. The van der Waals surface area contributed by atoms with Crippen LogP contribution in [0.1, 0.15) is 31.4 Å². The van der Waals surface area contributed by atoms with Crippen molar-refractivity contribution in [2.75, 3.05) is 6.54 Å². The lowest BCUT2D eigenvalue weighted by molar-refractivity contribution is 0.294. The van der Waals surface area contributed by atoms with E-state index < -0.39 is 17.5 Å². The summed E-state index contributed by atoms with van der Waals surface area (Å²) in [6.45, 7) is 2.77. The number of piperidine rings is 1. The zero-order valence-electron chi connectivity index (χ0n) is 9.06. The Morgan fingerprint density at radius 2 is 1.94 bits per heavy atom. The van der Waals surface area contributed by atoms with E-state index in [9.17, 15) is 13.2 Å². The first-order valence-corrected chi connectivity index (χ1v) is 5.48. The van der Waals surface area contributed by atoms with E-state index in [0.717, 1.165) is 25.5 Å². The number of rotatable bonds is 1. The SMILES string of the molecule is CC1CCCNC1c1ccc(F)c(F)c1F. The second-order valence-electron chi connectivity index (χ2n) is 4.32. The molecule has 1 aliphatic heterocycles. The third-order valence-electron chi connectivity index (χ3n) is 3.17. The van der Waals surface area contributed by atoms with Crippen molar-refractivity contribution in [3.05, 3.63) is 35.1 Å². The first-order chi connectivity index (χ1) is 7.61. The Kier molecular flexibility index (Phi) is 3.19. The third-order valence-corrected chi connectivity index (χ3v) is 3.17. The number of hydrogen-bond donors (Lipinski definition) is 1. The molecule has 0 saturated carbocycles. The summed E-state index contributed by atoms with van der Waals surface area (Å²) in [7, 11) is 0. The van der Waals surface area contributed by atoms with E-state index in [1.165, 1.54) is 6.07 Å². The van der Waals surface area contributed by atoms with E-state index in [0.29, 0.717) is 0 Å². The maximum Gasteiger partial charge on any atom is 0.194 e. The highest BCUT2D eigenvalue weighted by atomic mass is 19.2. The normalized spacial score (nSPS) is 25.8. The minimum atomic E-state index is -1.38. The Hall–Kier alpha value is -1.03. The van der Waals surface area contributed by atoms with Crippen LogP contribution < -0.4 is 5.32 Å². The first kappa shape index (κ1) is 11.5. The molecule has 0 radical (unpaired) electrons. The molecule has 0 amide bonds. The zero-order valence-corrected chi connectivity index (χ0v) is 9.06. The molecule has 1 aromatic rings. The van der Waals surface area contributed by atoms with Crippen molar-refractivity contribution >= 4 is 0 Å². The maximum absolute atomic E-state index is 13.6. The average Bonchev–Trinajstić information content (AvgIpc) is 2.28. The van der Waals surface area contributed by atoms with Gasteiger partial charge < -0.3 is 5.32 Å².